The van der Waals surface area contributed by atoms with Gasteiger partial charge in [0.1, 0.15) is 0 Å². The standard InChI is InChI=1S/C27H38N2O3S/c1-27(21-32-25-15-13-24(14-16-25)23-11-7-4-8-12-23)20-29(19-22-9-5-3-6-10-22)18-17-26(27)28-33(2,30)31/h3-12,24-26,28H,13-21H2,1-2H3/t24?,25?,26-,27-/m0/s1. The molecule has 0 spiro atoms. The molecule has 2 aliphatic rings. The van der Waals surface area contributed by atoms with Crippen molar-refractivity contribution < 1.29 is 13.2 Å². The van der Waals surface area contributed by atoms with Gasteiger partial charge in [-0.25, -0.2) is 13.1 Å². The Morgan fingerprint density at radius 2 is 1.61 bits per heavy atom. The van der Waals surface area contributed by atoms with Gasteiger partial charge >= 0.3 is 0 Å². The lowest BCUT2D eigenvalue weighted by Gasteiger charge is -2.47. The van der Waals surface area contributed by atoms with Gasteiger partial charge in [0.2, 0.25) is 10.0 Å². The van der Waals surface area contributed by atoms with Crippen LogP contribution in [0, 0.1) is 5.41 Å². The molecule has 1 N–H and O–H groups in total. The van der Waals surface area contributed by atoms with Crippen LogP contribution in [0.4, 0.5) is 0 Å². The molecule has 0 bridgehead atoms. The third kappa shape index (κ3) is 6.89. The molecule has 1 saturated heterocycles. The van der Waals surface area contributed by atoms with E-state index in [0.29, 0.717) is 12.5 Å². The van der Waals surface area contributed by atoms with E-state index in [0.717, 1.165) is 51.7 Å². The molecule has 1 heterocycles. The number of nitrogens with one attached hydrogen (secondary N) is 1. The lowest BCUT2D eigenvalue weighted by atomic mass is 9.78. The van der Waals surface area contributed by atoms with Gasteiger partial charge in [-0.1, -0.05) is 67.6 Å². The summed E-state index contributed by atoms with van der Waals surface area (Å²) in [6, 6.07) is 21.2. The molecule has 0 aromatic heterocycles. The van der Waals surface area contributed by atoms with Crippen molar-refractivity contribution in [3.8, 4) is 0 Å². The van der Waals surface area contributed by atoms with E-state index in [9.17, 15) is 8.42 Å². The number of ether oxygens (including phenoxy) is 1. The van der Waals surface area contributed by atoms with Gasteiger partial charge in [0.25, 0.3) is 0 Å². The minimum absolute atomic E-state index is 0.111. The zero-order valence-electron chi connectivity index (χ0n) is 19.9. The van der Waals surface area contributed by atoms with Crippen LogP contribution in [0.25, 0.3) is 0 Å². The average molecular weight is 471 g/mol. The molecule has 2 fully saturated rings. The highest BCUT2D eigenvalue weighted by Gasteiger charge is 2.42. The zero-order chi connectivity index (χ0) is 23.3. The normalized spacial score (nSPS) is 29.1. The topological polar surface area (TPSA) is 58.6 Å². The highest BCUT2D eigenvalue weighted by Crippen LogP contribution is 2.36. The molecule has 4 rings (SSSR count). The lowest BCUT2D eigenvalue weighted by Crippen LogP contribution is -2.58. The van der Waals surface area contributed by atoms with Gasteiger partial charge in [-0.2, -0.15) is 0 Å². The Labute approximate surface area is 199 Å². The second-order valence-corrected chi connectivity index (χ2v) is 12.1. The van der Waals surface area contributed by atoms with Gasteiger partial charge in [-0.05, 0) is 49.1 Å². The summed E-state index contributed by atoms with van der Waals surface area (Å²) in [7, 11) is -3.28. The van der Waals surface area contributed by atoms with E-state index >= 15 is 0 Å². The van der Waals surface area contributed by atoms with E-state index in [2.05, 4.69) is 71.1 Å². The van der Waals surface area contributed by atoms with Gasteiger partial charge in [0.05, 0.1) is 19.0 Å². The Morgan fingerprint density at radius 1 is 0.970 bits per heavy atom. The average Bonchev–Trinajstić information content (AvgIpc) is 2.81. The molecule has 5 nitrogen and oxygen atoms in total. The van der Waals surface area contributed by atoms with Crippen LogP contribution in [0.15, 0.2) is 60.7 Å². The van der Waals surface area contributed by atoms with Crippen LogP contribution in [-0.2, 0) is 21.3 Å². The van der Waals surface area contributed by atoms with Crippen LogP contribution >= 0.6 is 0 Å². The quantitative estimate of drug-likeness (QED) is 0.615. The van der Waals surface area contributed by atoms with Crippen LogP contribution in [0.2, 0.25) is 0 Å². The van der Waals surface area contributed by atoms with Gasteiger partial charge in [0, 0.05) is 31.1 Å². The van der Waals surface area contributed by atoms with E-state index in [-0.39, 0.29) is 17.6 Å². The number of sulfonamides is 1. The second kappa shape index (κ2) is 10.7. The number of piperidine rings is 1. The summed E-state index contributed by atoms with van der Waals surface area (Å²) >= 11 is 0. The summed E-state index contributed by atoms with van der Waals surface area (Å²) in [4.78, 5) is 2.44. The first-order valence-corrected chi connectivity index (χ1v) is 14.1. The number of hydrogen-bond acceptors (Lipinski definition) is 4. The first kappa shape index (κ1) is 24.4. The molecule has 0 radical (unpaired) electrons. The predicted molar refractivity (Wildman–Crippen MR) is 134 cm³/mol. The number of hydrogen-bond donors (Lipinski definition) is 1. The third-order valence-corrected chi connectivity index (χ3v) is 8.07. The SMILES string of the molecule is C[C@@]1(COC2CCC(c3ccccc3)CC2)CN(Cc2ccccc2)CC[C@@H]1NS(C)(=O)=O. The molecule has 33 heavy (non-hydrogen) atoms. The molecule has 0 unspecified atom stereocenters. The highest BCUT2D eigenvalue weighted by molar-refractivity contribution is 7.88. The molecular formula is C27H38N2O3S. The van der Waals surface area contributed by atoms with Crippen molar-refractivity contribution in [3.05, 3.63) is 71.8 Å². The van der Waals surface area contributed by atoms with Crippen LogP contribution in [-0.4, -0.2) is 51.4 Å². The van der Waals surface area contributed by atoms with Crippen molar-refractivity contribution >= 4 is 10.0 Å². The van der Waals surface area contributed by atoms with Crippen LogP contribution in [0.5, 0.6) is 0 Å². The van der Waals surface area contributed by atoms with Crippen molar-refractivity contribution in [3.63, 3.8) is 0 Å². The van der Waals surface area contributed by atoms with Gasteiger partial charge in [-0.15, -0.1) is 0 Å². The molecule has 1 saturated carbocycles. The fourth-order valence-electron chi connectivity index (χ4n) is 5.54. The lowest BCUT2D eigenvalue weighted by molar-refractivity contribution is -0.0584. The van der Waals surface area contributed by atoms with Gasteiger partial charge < -0.3 is 4.74 Å². The Hall–Kier alpha value is -1.73. The van der Waals surface area contributed by atoms with E-state index in [1.54, 1.807) is 0 Å². The van der Waals surface area contributed by atoms with Crippen LogP contribution in [0.3, 0.4) is 0 Å². The monoisotopic (exact) mass is 470 g/mol. The van der Waals surface area contributed by atoms with Crippen molar-refractivity contribution in [1.29, 1.82) is 0 Å². The molecule has 2 aromatic rings. The van der Waals surface area contributed by atoms with Crippen molar-refractivity contribution in [2.45, 2.75) is 63.6 Å². The largest absolute Gasteiger partial charge is 0.378 e. The highest BCUT2D eigenvalue weighted by atomic mass is 32.2. The molecule has 1 aliphatic carbocycles. The molecule has 1 aliphatic heterocycles. The first-order valence-electron chi connectivity index (χ1n) is 12.2. The van der Waals surface area contributed by atoms with Crippen molar-refractivity contribution in [2.24, 2.45) is 5.41 Å². The fourth-order valence-corrected chi connectivity index (χ4v) is 6.46. The minimum Gasteiger partial charge on any atom is -0.378 e. The number of likely N-dealkylation sites (tertiary alicyclic amines) is 1. The van der Waals surface area contributed by atoms with Crippen LogP contribution < -0.4 is 4.72 Å². The maximum absolute atomic E-state index is 12.1. The first-order chi connectivity index (χ1) is 15.8. The molecular weight excluding hydrogens is 432 g/mol. The summed E-state index contributed by atoms with van der Waals surface area (Å²) in [6.07, 6.45) is 6.73. The van der Waals surface area contributed by atoms with Crippen molar-refractivity contribution in [1.82, 2.24) is 9.62 Å². The summed E-state index contributed by atoms with van der Waals surface area (Å²) in [5.41, 5.74) is 2.45. The minimum atomic E-state index is -3.28. The zero-order valence-corrected chi connectivity index (χ0v) is 20.8. The second-order valence-electron chi connectivity index (χ2n) is 10.3. The van der Waals surface area contributed by atoms with E-state index in [1.165, 1.54) is 17.4 Å². The summed E-state index contributed by atoms with van der Waals surface area (Å²) in [6.45, 7) is 5.33. The van der Waals surface area contributed by atoms with Gasteiger partial charge in [-0.3, -0.25) is 4.90 Å². The molecule has 180 valence electrons. The smallest absolute Gasteiger partial charge is 0.208 e. The summed E-state index contributed by atoms with van der Waals surface area (Å²) in [5, 5.41) is 0. The summed E-state index contributed by atoms with van der Waals surface area (Å²) < 4.78 is 33.5. The Bertz CT molecular complexity index is 975. The number of benzene rings is 2. The Kier molecular flexibility index (Phi) is 7.90. The number of nitrogens with zero attached hydrogens (tertiary/aromatic N) is 1. The van der Waals surface area contributed by atoms with Gasteiger partial charge in [0.15, 0.2) is 0 Å². The molecule has 2 atom stereocenters. The van der Waals surface area contributed by atoms with E-state index in [1.807, 2.05) is 6.07 Å². The number of rotatable bonds is 8. The fraction of sp³-hybridized carbons (Fsp3) is 0.556. The maximum atomic E-state index is 12.1. The molecule has 2 aromatic carbocycles. The molecule has 6 heteroatoms. The summed E-state index contributed by atoms with van der Waals surface area (Å²) in [5.74, 6) is 0.623. The van der Waals surface area contributed by atoms with Crippen LogP contribution in [0.1, 0.15) is 56.1 Å². The van der Waals surface area contributed by atoms with E-state index < -0.39 is 10.0 Å². The van der Waals surface area contributed by atoms with Crippen molar-refractivity contribution in [2.75, 3.05) is 26.0 Å². The van der Waals surface area contributed by atoms with E-state index in [4.69, 9.17) is 4.74 Å². The Morgan fingerprint density at radius 3 is 2.24 bits per heavy atom. The molecule has 0 amide bonds. The third-order valence-electron chi connectivity index (χ3n) is 7.36. The maximum Gasteiger partial charge on any atom is 0.208 e. The predicted octanol–water partition coefficient (Wildman–Crippen LogP) is 4.56. The Balaban J connectivity index is 1.37.